The largest absolute Gasteiger partial charge is 0.383 e. The van der Waals surface area contributed by atoms with E-state index in [9.17, 15) is 9.90 Å². The second kappa shape index (κ2) is 2.58. The van der Waals surface area contributed by atoms with Crippen LogP contribution in [0.25, 0.3) is 0 Å². The van der Waals surface area contributed by atoms with Crippen molar-refractivity contribution in [3.8, 4) is 0 Å². The molecule has 3 heteroatoms. The molecule has 0 heterocycles. The zero-order valence-corrected chi connectivity index (χ0v) is 4.05. The maximum Gasteiger partial charge on any atom is 0.383 e. The number of aliphatic hydroxyl groups excluding tert-OH is 1. The summed E-state index contributed by atoms with van der Waals surface area (Å²) in [6.07, 6.45) is -1.08. The van der Waals surface area contributed by atoms with Crippen LogP contribution >= 0.6 is 0 Å². The number of hydrogen-bond donors (Lipinski definition) is 1. The minimum atomic E-state index is -1.40. The minimum absolute atomic E-state index is 0.211. The van der Waals surface area contributed by atoms with Gasteiger partial charge in [0.15, 0.2) is 6.10 Å². The van der Waals surface area contributed by atoms with Crippen molar-refractivity contribution in [1.82, 2.24) is 0 Å². The molecule has 1 unspecified atom stereocenters. The summed E-state index contributed by atoms with van der Waals surface area (Å²) in [5, 5.41) is 17.8. The average molecular weight is 103 g/mol. The van der Waals surface area contributed by atoms with Crippen LogP contribution in [-0.2, 0) is 9.90 Å². The fourth-order valence-electron chi connectivity index (χ4n) is 0.167. The van der Waals surface area contributed by atoms with E-state index in [2.05, 4.69) is 0 Å². The van der Waals surface area contributed by atoms with E-state index < -0.39 is 12.1 Å². The summed E-state index contributed by atoms with van der Waals surface area (Å²) in [7, 11) is 0. The predicted molar refractivity (Wildman–Crippen MR) is 22.0 cm³/mol. The molecule has 41 valence electrons. The summed E-state index contributed by atoms with van der Waals surface area (Å²) in [6.45, 7) is 1.57. The summed E-state index contributed by atoms with van der Waals surface area (Å²) in [5.41, 5.74) is 0. The number of carbonyl (C=O) groups is 1. The average Bonchev–Trinajstić information content (AvgIpc) is 1.65. The quantitative estimate of drug-likeness (QED) is 0.522. The van der Waals surface area contributed by atoms with Crippen molar-refractivity contribution in [3.05, 3.63) is 0 Å². The molecule has 0 aliphatic carbocycles. The highest BCUT2D eigenvalue weighted by Crippen LogP contribution is 1.86. The molecule has 0 aromatic rings. The SMILES string of the molecule is CCC(O)C([O])=O. The molecule has 0 bridgehead atoms. The van der Waals surface area contributed by atoms with Gasteiger partial charge in [-0.1, -0.05) is 6.92 Å². The van der Waals surface area contributed by atoms with E-state index in [0.29, 0.717) is 0 Å². The summed E-state index contributed by atoms with van der Waals surface area (Å²) in [5.74, 6) is -1.40. The van der Waals surface area contributed by atoms with Gasteiger partial charge < -0.3 is 5.11 Å². The van der Waals surface area contributed by atoms with Crippen molar-refractivity contribution in [2.75, 3.05) is 0 Å². The molecule has 0 rings (SSSR count). The van der Waals surface area contributed by atoms with Gasteiger partial charge in [0.1, 0.15) is 0 Å². The molecule has 3 nitrogen and oxygen atoms in total. The Bertz CT molecular complexity index is 69.3. The summed E-state index contributed by atoms with van der Waals surface area (Å²) in [6, 6.07) is 0. The van der Waals surface area contributed by atoms with Gasteiger partial charge in [0.25, 0.3) is 0 Å². The van der Waals surface area contributed by atoms with Gasteiger partial charge in [-0.15, -0.1) is 0 Å². The first-order valence-corrected chi connectivity index (χ1v) is 2.07. The summed E-state index contributed by atoms with van der Waals surface area (Å²) >= 11 is 0. The van der Waals surface area contributed by atoms with Crippen LogP contribution in [0.3, 0.4) is 0 Å². The van der Waals surface area contributed by atoms with Crippen molar-refractivity contribution >= 4 is 5.97 Å². The third-order valence-electron chi connectivity index (χ3n) is 0.659. The Kier molecular flexibility index (Phi) is 2.37. The molecule has 0 aromatic carbocycles. The molecule has 0 spiro atoms. The lowest BCUT2D eigenvalue weighted by Crippen LogP contribution is -2.16. The molecular formula is C4H7O3. The Labute approximate surface area is 41.6 Å². The Balaban J connectivity index is 3.34. The highest BCUT2D eigenvalue weighted by Gasteiger charge is 2.10. The monoisotopic (exact) mass is 103 g/mol. The van der Waals surface area contributed by atoms with Crippen LogP contribution in [0.1, 0.15) is 13.3 Å². The van der Waals surface area contributed by atoms with Gasteiger partial charge in [0.2, 0.25) is 0 Å². The highest BCUT2D eigenvalue weighted by atomic mass is 16.4. The van der Waals surface area contributed by atoms with Gasteiger partial charge >= 0.3 is 5.97 Å². The maximum atomic E-state index is 9.57. The molecule has 1 atom stereocenters. The number of rotatable bonds is 2. The lowest BCUT2D eigenvalue weighted by molar-refractivity contribution is -0.153. The van der Waals surface area contributed by atoms with E-state index in [1.54, 1.807) is 6.92 Å². The van der Waals surface area contributed by atoms with Crippen molar-refractivity contribution in [1.29, 1.82) is 0 Å². The smallest absolute Gasteiger partial charge is 0.381 e. The molecule has 1 N–H and O–H groups in total. The van der Waals surface area contributed by atoms with Crippen molar-refractivity contribution < 1.29 is 15.0 Å². The fourth-order valence-corrected chi connectivity index (χ4v) is 0.167. The van der Waals surface area contributed by atoms with Crippen LogP contribution < -0.4 is 0 Å². The van der Waals surface area contributed by atoms with Gasteiger partial charge in [-0.2, -0.15) is 0 Å². The zero-order valence-electron chi connectivity index (χ0n) is 4.05. The second-order valence-corrected chi connectivity index (χ2v) is 1.24. The van der Waals surface area contributed by atoms with E-state index in [4.69, 9.17) is 5.11 Å². The van der Waals surface area contributed by atoms with E-state index in [0.717, 1.165) is 0 Å². The summed E-state index contributed by atoms with van der Waals surface area (Å²) < 4.78 is 0. The number of carbonyl (C=O) groups excluding carboxylic acids is 1. The fraction of sp³-hybridized carbons (Fsp3) is 0.750. The molecule has 0 amide bonds. The van der Waals surface area contributed by atoms with Crippen molar-refractivity contribution in [2.24, 2.45) is 0 Å². The molecule has 0 aliphatic rings. The Morgan fingerprint density at radius 2 is 2.29 bits per heavy atom. The molecular weight excluding hydrogens is 96.0 g/mol. The van der Waals surface area contributed by atoms with Gasteiger partial charge in [0.05, 0.1) is 0 Å². The first kappa shape index (κ1) is 6.43. The summed E-state index contributed by atoms with van der Waals surface area (Å²) in [4.78, 5) is 9.57. The van der Waals surface area contributed by atoms with Crippen LogP contribution in [0.4, 0.5) is 0 Å². The standard InChI is InChI=1S/C4H7O3/c1-2-3(5)4(6)7/h3,5H,2H2,1H3. The van der Waals surface area contributed by atoms with E-state index >= 15 is 0 Å². The Hall–Kier alpha value is -0.570. The molecule has 0 saturated heterocycles. The zero-order chi connectivity index (χ0) is 5.86. The molecule has 7 heavy (non-hydrogen) atoms. The second-order valence-electron chi connectivity index (χ2n) is 1.24. The van der Waals surface area contributed by atoms with Crippen LogP contribution in [-0.4, -0.2) is 17.2 Å². The van der Waals surface area contributed by atoms with Gasteiger partial charge in [0, 0.05) is 0 Å². The van der Waals surface area contributed by atoms with Crippen LogP contribution in [0.2, 0.25) is 0 Å². The number of aliphatic hydroxyl groups is 1. The Morgan fingerprint density at radius 1 is 1.86 bits per heavy atom. The first-order chi connectivity index (χ1) is 3.18. The minimum Gasteiger partial charge on any atom is -0.381 e. The first-order valence-electron chi connectivity index (χ1n) is 2.07. The third kappa shape index (κ3) is 2.17. The van der Waals surface area contributed by atoms with Crippen LogP contribution in [0.5, 0.6) is 0 Å². The van der Waals surface area contributed by atoms with Crippen LogP contribution in [0, 0.1) is 0 Å². The van der Waals surface area contributed by atoms with Crippen molar-refractivity contribution in [2.45, 2.75) is 19.4 Å². The van der Waals surface area contributed by atoms with Crippen molar-refractivity contribution in [3.63, 3.8) is 0 Å². The van der Waals surface area contributed by atoms with Gasteiger partial charge in [-0.3, -0.25) is 0 Å². The van der Waals surface area contributed by atoms with Crippen LogP contribution in [0.15, 0.2) is 0 Å². The third-order valence-corrected chi connectivity index (χ3v) is 0.659. The lowest BCUT2D eigenvalue weighted by atomic mass is 10.3. The van der Waals surface area contributed by atoms with E-state index in [-0.39, 0.29) is 6.42 Å². The normalized spacial score (nSPS) is 13.4. The maximum absolute atomic E-state index is 9.57. The lowest BCUT2D eigenvalue weighted by Gasteiger charge is -1.93. The highest BCUT2D eigenvalue weighted by molar-refractivity contribution is 5.71. The molecule has 1 radical (unpaired) electrons. The molecule has 0 fully saturated rings. The predicted octanol–water partition coefficient (Wildman–Crippen LogP) is -0.286. The van der Waals surface area contributed by atoms with E-state index in [1.165, 1.54) is 0 Å². The number of hydrogen-bond acceptors (Lipinski definition) is 2. The van der Waals surface area contributed by atoms with Gasteiger partial charge in [-0.25, -0.2) is 9.90 Å². The van der Waals surface area contributed by atoms with Gasteiger partial charge in [-0.05, 0) is 6.42 Å². The molecule has 0 aliphatic heterocycles. The molecule has 0 aromatic heterocycles. The topological polar surface area (TPSA) is 57.2 Å². The molecule has 0 saturated carbocycles. The Morgan fingerprint density at radius 3 is 2.29 bits per heavy atom. The van der Waals surface area contributed by atoms with E-state index in [1.807, 2.05) is 0 Å².